The number of methoxy groups -OCH3 is 2. The van der Waals surface area contributed by atoms with Crippen LogP contribution < -0.4 is 21.3 Å². The molecule has 1 spiro atoms. The van der Waals surface area contributed by atoms with Gasteiger partial charge in [-0.2, -0.15) is 0 Å². The van der Waals surface area contributed by atoms with Crippen molar-refractivity contribution in [2.75, 3.05) is 37.9 Å². The summed E-state index contributed by atoms with van der Waals surface area (Å²) in [5.41, 5.74) is 8.71. The smallest absolute Gasteiger partial charge is 0.407 e. The molecule has 0 aromatic heterocycles. The molecule has 14 heteroatoms. The van der Waals surface area contributed by atoms with Crippen molar-refractivity contribution in [3.05, 3.63) is 71.8 Å². The lowest BCUT2D eigenvalue weighted by Crippen LogP contribution is -2.54. The molecule has 0 radical (unpaired) electrons. The first kappa shape index (κ1) is 45.1. The third-order valence-electron chi connectivity index (χ3n) is 13.6. The van der Waals surface area contributed by atoms with E-state index >= 15 is 0 Å². The lowest BCUT2D eigenvalue weighted by molar-refractivity contribution is -0.139. The molecule has 3 aromatic rings. The molecule has 3 fully saturated rings. The maximum Gasteiger partial charge on any atom is 0.407 e. The first-order chi connectivity index (χ1) is 30.2. The van der Waals surface area contributed by atoms with Gasteiger partial charge in [-0.25, -0.2) is 9.59 Å². The fourth-order valence-electron chi connectivity index (χ4n) is 10.3. The normalized spacial score (nSPS) is 19.7. The van der Waals surface area contributed by atoms with Crippen molar-refractivity contribution in [1.82, 2.24) is 20.4 Å². The molecule has 2 aliphatic carbocycles. The van der Waals surface area contributed by atoms with Gasteiger partial charge in [-0.05, 0) is 126 Å². The van der Waals surface area contributed by atoms with Crippen LogP contribution in [0.2, 0.25) is 0 Å². The van der Waals surface area contributed by atoms with Crippen LogP contribution in [0.5, 0.6) is 0 Å². The summed E-state index contributed by atoms with van der Waals surface area (Å²) in [6.45, 7) is 8.26. The number of anilines is 2. The number of alkyl carbamates (subject to hydrolysis) is 2. The number of nitrogens with zero attached hydrogens (tertiary/aromatic N) is 2. The number of carbonyl (C=O) groups excluding carboxylic acids is 6. The average molecular weight is 863 g/mol. The van der Waals surface area contributed by atoms with Crippen molar-refractivity contribution in [3.8, 4) is 22.3 Å². The summed E-state index contributed by atoms with van der Waals surface area (Å²) in [7, 11) is 2.51. The van der Waals surface area contributed by atoms with Crippen molar-refractivity contribution in [2.45, 2.75) is 121 Å². The zero-order chi connectivity index (χ0) is 45.0. The maximum absolute atomic E-state index is 13.6. The van der Waals surface area contributed by atoms with Gasteiger partial charge in [0.1, 0.15) is 24.2 Å². The minimum absolute atomic E-state index is 0.113. The number of amides is 6. The van der Waals surface area contributed by atoms with Gasteiger partial charge in [-0.1, -0.05) is 76.9 Å². The molecule has 336 valence electrons. The summed E-state index contributed by atoms with van der Waals surface area (Å²) in [5.74, 6) is -1.48. The van der Waals surface area contributed by atoms with Crippen LogP contribution in [0.3, 0.4) is 0 Å². The van der Waals surface area contributed by atoms with E-state index in [9.17, 15) is 28.8 Å². The SMILES string of the molecule is COC(=O)N[C@H](C(=O)N1CCC[C@H]1C(=O)Nc1ccc(-c2ccc(-c3ccc(NC(=O)[C@@H]4CCCN4C(=O)[C@@H](NC(=O)OC)C(C)C)cc3)c3c2CCC32CCCC2)cc1)C(C)C. The van der Waals surface area contributed by atoms with Crippen LogP contribution in [0, 0.1) is 11.8 Å². The highest BCUT2D eigenvalue weighted by molar-refractivity contribution is 6.00. The molecule has 0 bridgehead atoms. The Labute approximate surface area is 370 Å². The fraction of sp³-hybridized carbons (Fsp3) is 0.510. The Kier molecular flexibility index (Phi) is 13.8. The molecule has 3 aromatic carbocycles. The average Bonchev–Trinajstić information content (AvgIpc) is 4.13. The highest BCUT2D eigenvalue weighted by Gasteiger charge is 2.44. The minimum atomic E-state index is -0.801. The van der Waals surface area contributed by atoms with E-state index in [1.54, 1.807) is 9.80 Å². The molecule has 4 atom stereocenters. The van der Waals surface area contributed by atoms with E-state index in [-0.39, 0.29) is 40.9 Å². The number of benzene rings is 3. The largest absolute Gasteiger partial charge is 0.453 e. The standard InChI is InChI=1S/C49H62N6O8/c1-29(2)41(52-47(60)62-5)45(58)54-27-9-11-38(54)43(56)50-33-17-13-31(14-18-33)35-21-22-36(40-37(35)23-26-49(40)24-7-8-25-49)32-15-19-34(20-16-32)51-44(57)39-12-10-28-55(39)46(59)42(30(3)4)53-48(61)63-6/h13-22,29-30,38-39,41-42H,7-12,23-28H2,1-6H3,(H,50,56)(H,51,57)(H,52,60)(H,53,61)/t38-,39-,41-,42-/m0/s1. The topological polar surface area (TPSA) is 175 Å². The van der Waals surface area contributed by atoms with Gasteiger partial charge in [0.15, 0.2) is 0 Å². The van der Waals surface area contributed by atoms with Crippen LogP contribution in [0.15, 0.2) is 60.7 Å². The van der Waals surface area contributed by atoms with Crippen LogP contribution in [-0.4, -0.2) is 97.1 Å². The number of rotatable bonds is 12. The number of ether oxygens (including phenoxy) is 2. The number of nitrogens with one attached hydrogen (secondary N) is 4. The summed E-state index contributed by atoms with van der Waals surface area (Å²) in [4.78, 5) is 81.4. The molecule has 6 amide bonds. The summed E-state index contributed by atoms with van der Waals surface area (Å²) in [6, 6.07) is 17.4. The van der Waals surface area contributed by atoms with Gasteiger partial charge in [0.2, 0.25) is 23.6 Å². The molecule has 2 saturated heterocycles. The molecule has 0 unspecified atom stereocenters. The van der Waals surface area contributed by atoms with Crippen LogP contribution in [0.25, 0.3) is 22.3 Å². The lowest BCUT2D eigenvalue weighted by Gasteiger charge is -2.30. The van der Waals surface area contributed by atoms with Gasteiger partial charge in [-0.3, -0.25) is 19.2 Å². The van der Waals surface area contributed by atoms with E-state index in [0.717, 1.165) is 36.8 Å². The summed E-state index contributed by atoms with van der Waals surface area (Å²) < 4.78 is 9.48. The monoisotopic (exact) mass is 862 g/mol. The fourth-order valence-corrected chi connectivity index (χ4v) is 10.3. The zero-order valence-corrected chi connectivity index (χ0v) is 37.4. The lowest BCUT2D eigenvalue weighted by atomic mass is 9.76. The zero-order valence-electron chi connectivity index (χ0n) is 37.4. The van der Waals surface area contributed by atoms with Gasteiger partial charge in [0.05, 0.1) is 14.2 Å². The molecule has 4 N–H and O–H groups in total. The number of hydrogen-bond acceptors (Lipinski definition) is 8. The quantitative estimate of drug-likeness (QED) is 0.146. The van der Waals surface area contributed by atoms with E-state index in [1.807, 2.05) is 64.1 Å². The molecule has 63 heavy (non-hydrogen) atoms. The van der Waals surface area contributed by atoms with Gasteiger partial charge in [0, 0.05) is 24.5 Å². The maximum atomic E-state index is 13.6. The first-order valence-electron chi connectivity index (χ1n) is 22.5. The van der Waals surface area contributed by atoms with Gasteiger partial charge in [-0.15, -0.1) is 0 Å². The van der Waals surface area contributed by atoms with Crippen molar-refractivity contribution in [3.63, 3.8) is 0 Å². The van der Waals surface area contributed by atoms with E-state index in [0.29, 0.717) is 50.1 Å². The highest BCUT2D eigenvalue weighted by atomic mass is 16.5. The van der Waals surface area contributed by atoms with Crippen molar-refractivity contribution < 1.29 is 38.2 Å². The van der Waals surface area contributed by atoms with Crippen LogP contribution >= 0.6 is 0 Å². The highest BCUT2D eigenvalue weighted by Crippen LogP contribution is 2.55. The second kappa shape index (κ2) is 19.2. The Morgan fingerprint density at radius 3 is 1.44 bits per heavy atom. The van der Waals surface area contributed by atoms with E-state index < -0.39 is 36.4 Å². The Morgan fingerprint density at radius 2 is 1.02 bits per heavy atom. The van der Waals surface area contributed by atoms with Gasteiger partial charge < -0.3 is 40.5 Å². The molecular weight excluding hydrogens is 801 g/mol. The Hall–Kier alpha value is -5.92. The predicted octanol–water partition coefficient (Wildman–Crippen LogP) is 7.40. The van der Waals surface area contributed by atoms with Crippen LogP contribution in [0.1, 0.15) is 96.6 Å². The molecule has 7 rings (SSSR count). The van der Waals surface area contributed by atoms with Crippen molar-refractivity contribution >= 4 is 47.2 Å². The third-order valence-corrected chi connectivity index (χ3v) is 13.6. The Bertz CT molecular complexity index is 2200. The number of likely N-dealkylation sites (tertiary alicyclic amines) is 2. The third kappa shape index (κ3) is 9.40. The second-order valence-corrected chi connectivity index (χ2v) is 18.2. The van der Waals surface area contributed by atoms with Gasteiger partial charge >= 0.3 is 12.2 Å². The molecule has 4 aliphatic rings. The number of fused-ring (bicyclic) bond motifs is 2. The molecular formula is C49H62N6O8. The van der Waals surface area contributed by atoms with Crippen molar-refractivity contribution in [1.29, 1.82) is 0 Å². The number of carbonyl (C=O) groups is 6. The van der Waals surface area contributed by atoms with Gasteiger partial charge in [0.25, 0.3) is 0 Å². The predicted molar refractivity (Wildman–Crippen MR) is 241 cm³/mol. The molecule has 2 aliphatic heterocycles. The molecule has 14 nitrogen and oxygen atoms in total. The van der Waals surface area contributed by atoms with E-state index in [1.165, 1.54) is 49.3 Å². The molecule has 2 heterocycles. The molecule has 1 saturated carbocycles. The van der Waals surface area contributed by atoms with Crippen LogP contribution in [-0.2, 0) is 40.5 Å². The Morgan fingerprint density at radius 1 is 0.587 bits per heavy atom. The van der Waals surface area contributed by atoms with Crippen LogP contribution in [0.4, 0.5) is 21.0 Å². The van der Waals surface area contributed by atoms with Crippen molar-refractivity contribution in [2.24, 2.45) is 11.8 Å². The van der Waals surface area contributed by atoms with E-state index in [2.05, 4.69) is 45.5 Å². The van der Waals surface area contributed by atoms with E-state index in [4.69, 9.17) is 9.47 Å². The minimum Gasteiger partial charge on any atom is -0.453 e. The second-order valence-electron chi connectivity index (χ2n) is 18.2. The number of hydrogen-bond donors (Lipinski definition) is 4. The Balaban J connectivity index is 1.06. The summed E-state index contributed by atoms with van der Waals surface area (Å²) >= 11 is 0. The summed E-state index contributed by atoms with van der Waals surface area (Å²) in [6.07, 6.45) is 7.86. The summed E-state index contributed by atoms with van der Waals surface area (Å²) in [5, 5.41) is 11.4. The first-order valence-corrected chi connectivity index (χ1v) is 22.5.